The summed E-state index contributed by atoms with van der Waals surface area (Å²) in [5.74, 6) is 0.491. The Morgan fingerprint density at radius 2 is 2.30 bits per heavy atom. The fourth-order valence-electron chi connectivity index (χ4n) is 2.26. The topological polar surface area (TPSA) is 80.5 Å². The minimum Gasteiger partial charge on any atom is -0.383 e. The second kappa shape index (κ2) is 7.21. The molecule has 1 aliphatic heterocycles. The smallest absolute Gasteiger partial charge is 0.255 e. The van der Waals surface area contributed by atoms with Gasteiger partial charge in [0.2, 0.25) is 0 Å². The Balaban J connectivity index is 1.76. The minimum absolute atomic E-state index is 0.163. The third-order valence-corrected chi connectivity index (χ3v) is 3.37. The normalized spacial score (nSPS) is 17.6. The highest BCUT2D eigenvalue weighted by atomic mass is 16.5. The molecule has 1 saturated heterocycles. The lowest BCUT2D eigenvalue weighted by Crippen LogP contribution is -2.41. The number of aromatic nitrogens is 1. The first kappa shape index (κ1) is 14.7. The molecule has 0 radical (unpaired) electrons. The van der Waals surface area contributed by atoms with Gasteiger partial charge in [-0.1, -0.05) is 6.92 Å². The van der Waals surface area contributed by atoms with E-state index in [0.717, 1.165) is 32.8 Å². The predicted molar refractivity (Wildman–Crippen MR) is 77.4 cm³/mol. The Labute approximate surface area is 119 Å². The summed E-state index contributed by atoms with van der Waals surface area (Å²) in [5.41, 5.74) is 6.12. The number of ether oxygens (including phenoxy) is 1. The molecule has 2 heterocycles. The number of anilines is 1. The van der Waals surface area contributed by atoms with Gasteiger partial charge >= 0.3 is 0 Å². The fourth-order valence-corrected chi connectivity index (χ4v) is 2.26. The second-order valence-corrected chi connectivity index (χ2v) is 5.16. The molecule has 0 saturated carbocycles. The van der Waals surface area contributed by atoms with Crippen molar-refractivity contribution in [2.45, 2.75) is 6.92 Å². The SMILES string of the molecule is CC(CNC(=O)c1cccnc1N)CN1CCOCC1. The van der Waals surface area contributed by atoms with Crippen LogP contribution in [0.2, 0.25) is 0 Å². The van der Waals surface area contributed by atoms with E-state index in [0.29, 0.717) is 18.0 Å². The van der Waals surface area contributed by atoms with Gasteiger partial charge < -0.3 is 15.8 Å². The lowest BCUT2D eigenvalue weighted by molar-refractivity contribution is 0.0317. The Hall–Kier alpha value is -1.66. The van der Waals surface area contributed by atoms with Crippen molar-refractivity contribution in [1.82, 2.24) is 15.2 Å². The van der Waals surface area contributed by atoms with Crippen LogP contribution in [0, 0.1) is 5.92 Å². The molecule has 2 rings (SSSR count). The Bertz CT molecular complexity index is 447. The van der Waals surface area contributed by atoms with E-state index in [1.54, 1.807) is 18.3 Å². The highest BCUT2D eigenvalue weighted by molar-refractivity contribution is 5.98. The lowest BCUT2D eigenvalue weighted by atomic mass is 10.1. The van der Waals surface area contributed by atoms with Crippen molar-refractivity contribution < 1.29 is 9.53 Å². The maximum absolute atomic E-state index is 12.0. The van der Waals surface area contributed by atoms with Gasteiger partial charge in [-0.25, -0.2) is 4.98 Å². The van der Waals surface area contributed by atoms with Crippen LogP contribution in [-0.4, -0.2) is 55.2 Å². The number of hydrogen-bond donors (Lipinski definition) is 2. The fraction of sp³-hybridized carbons (Fsp3) is 0.571. The van der Waals surface area contributed by atoms with Crippen LogP contribution in [0.1, 0.15) is 17.3 Å². The first-order chi connectivity index (χ1) is 9.66. The summed E-state index contributed by atoms with van der Waals surface area (Å²) >= 11 is 0. The number of nitrogens with two attached hydrogens (primary N) is 1. The molecule has 1 aliphatic rings. The summed E-state index contributed by atoms with van der Waals surface area (Å²) in [6.07, 6.45) is 1.58. The van der Waals surface area contributed by atoms with E-state index in [2.05, 4.69) is 22.1 Å². The molecule has 1 unspecified atom stereocenters. The van der Waals surface area contributed by atoms with E-state index >= 15 is 0 Å². The summed E-state index contributed by atoms with van der Waals surface area (Å²) in [4.78, 5) is 18.3. The molecule has 6 nitrogen and oxygen atoms in total. The average Bonchev–Trinajstić information content (AvgIpc) is 2.46. The number of carbonyl (C=O) groups is 1. The molecule has 6 heteroatoms. The van der Waals surface area contributed by atoms with Gasteiger partial charge in [0.15, 0.2) is 0 Å². The number of rotatable bonds is 5. The Morgan fingerprint density at radius 3 is 3.00 bits per heavy atom. The third-order valence-electron chi connectivity index (χ3n) is 3.37. The van der Waals surface area contributed by atoms with Crippen LogP contribution in [0.3, 0.4) is 0 Å². The quantitative estimate of drug-likeness (QED) is 0.813. The molecule has 110 valence electrons. The zero-order valence-corrected chi connectivity index (χ0v) is 11.8. The standard InChI is InChI=1S/C14H22N4O2/c1-11(10-18-5-7-20-8-6-18)9-17-14(19)12-3-2-4-16-13(12)15/h2-4,11H,5-10H2,1H3,(H2,15,16)(H,17,19). The molecule has 1 atom stereocenters. The predicted octanol–water partition coefficient (Wildman–Crippen LogP) is 0.362. The van der Waals surface area contributed by atoms with Crippen LogP contribution in [0.5, 0.6) is 0 Å². The molecule has 3 N–H and O–H groups in total. The van der Waals surface area contributed by atoms with Crippen LogP contribution in [0.15, 0.2) is 18.3 Å². The molecular weight excluding hydrogens is 256 g/mol. The summed E-state index contributed by atoms with van der Waals surface area (Å²) in [5, 5.41) is 2.91. The van der Waals surface area contributed by atoms with Gasteiger partial charge in [-0.05, 0) is 18.1 Å². The van der Waals surface area contributed by atoms with E-state index in [1.807, 2.05) is 0 Å². The van der Waals surface area contributed by atoms with E-state index in [9.17, 15) is 4.79 Å². The number of pyridine rings is 1. The van der Waals surface area contributed by atoms with Crippen LogP contribution in [0.25, 0.3) is 0 Å². The van der Waals surface area contributed by atoms with Gasteiger partial charge in [0.25, 0.3) is 5.91 Å². The molecule has 1 aromatic heterocycles. The molecular formula is C14H22N4O2. The van der Waals surface area contributed by atoms with Crippen molar-refractivity contribution in [2.75, 3.05) is 45.1 Å². The van der Waals surface area contributed by atoms with Crippen molar-refractivity contribution in [2.24, 2.45) is 5.92 Å². The van der Waals surface area contributed by atoms with E-state index in [-0.39, 0.29) is 11.7 Å². The maximum Gasteiger partial charge on any atom is 0.255 e. The monoisotopic (exact) mass is 278 g/mol. The van der Waals surface area contributed by atoms with Crippen molar-refractivity contribution in [3.05, 3.63) is 23.9 Å². The van der Waals surface area contributed by atoms with E-state index in [1.165, 1.54) is 0 Å². The third kappa shape index (κ3) is 4.18. The van der Waals surface area contributed by atoms with E-state index in [4.69, 9.17) is 10.5 Å². The molecule has 1 amide bonds. The van der Waals surface area contributed by atoms with Gasteiger partial charge in [0.05, 0.1) is 18.8 Å². The number of hydrogen-bond acceptors (Lipinski definition) is 5. The van der Waals surface area contributed by atoms with Crippen LogP contribution in [0.4, 0.5) is 5.82 Å². The molecule has 0 spiro atoms. The summed E-state index contributed by atoms with van der Waals surface area (Å²) in [6, 6.07) is 3.40. The molecule has 1 fully saturated rings. The number of nitrogens with one attached hydrogen (secondary N) is 1. The average molecular weight is 278 g/mol. The van der Waals surface area contributed by atoms with Crippen LogP contribution in [-0.2, 0) is 4.74 Å². The molecule has 20 heavy (non-hydrogen) atoms. The number of nitrogens with zero attached hydrogens (tertiary/aromatic N) is 2. The summed E-state index contributed by atoms with van der Waals surface area (Å²) in [6.45, 7) is 7.25. The zero-order valence-electron chi connectivity index (χ0n) is 11.8. The number of carbonyl (C=O) groups excluding carboxylic acids is 1. The van der Waals surface area contributed by atoms with Gasteiger partial charge in [-0.3, -0.25) is 9.69 Å². The van der Waals surface area contributed by atoms with Crippen LogP contribution >= 0.6 is 0 Å². The highest BCUT2D eigenvalue weighted by Gasteiger charge is 2.15. The van der Waals surface area contributed by atoms with Gasteiger partial charge in [-0.2, -0.15) is 0 Å². The zero-order chi connectivity index (χ0) is 14.4. The highest BCUT2D eigenvalue weighted by Crippen LogP contribution is 2.07. The Morgan fingerprint density at radius 1 is 1.55 bits per heavy atom. The van der Waals surface area contributed by atoms with Crippen molar-refractivity contribution in [3.8, 4) is 0 Å². The first-order valence-electron chi connectivity index (χ1n) is 6.95. The minimum atomic E-state index is -0.163. The van der Waals surface area contributed by atoms with Crippen LogP contribution < -0.4 is 11.1 Å². The molecule has 1 aromatic rings. The van der Waals surface area contributed by atoms with Crippen molar-refractivity contribution >= 4 is 11.7 Å². The van der Waals surface area contributed by atoms with Gasteiger partial charge in [0, 0.05) is 32.4 Å². The number of morpholine rings is 1. The first-order valence-corrected chi connectivity index (χ1v) is 6.95. The second-order valence-electron chi connectivity index (χ2n) is 5.16. The summed E-state index contributed by atoms with van der Waals surface area (Å²) in [7, 11) is 0. The molecule has 0 aliphatic carbocycles. The molecule has 0 bridgehead atoms. The van der Waals surface area contributed by atoms with E-state index < -0.39 is 0 Å². The van der Waals surface area contributed by atoms with Crippen molar-refractivity contribution in [3.63, 3.8) is 0 Å². The van der Waals surface area contributed by atoms with Gasteiger partial charge in [-0.15, -0.1) is 0 Å². The van der Waals surface area contributed by atoms with Crippen molar-refractivity contribution in [1.29, 1.82) is 0 Å². The number of amides is 1. The molecule has 0 aromatic carbocycles. The maximum atomic E-state index is 12.0. The lowest BCUT2D eigenvalue weighted by Gasteiger charge is -2.29. The largest absolute Gasteiger partial charge is 0.383 e. The Kier molecular flexibility index (Phi) is 5.31. The summed E-state index contributed by atoms with van der Waals surface area (Å²) < 4.78 is 5.32. The number of nitrogen functional groups attached to an aromatic ring is 1. The van der Waals surface area contributed by atoms with Gasteiger partial charge in [0.1, 0.15) is 5.82 Å².